The summed E-state index contributed by atoms with van der Waals surface area (Å²) in [6, 6.07) is 16.5. The Balaban J connectivity index is 1.40. The van der Waals surface area contributed by atoms with E-state index >= 15 is 0 Å². The summed E-state index contributed by atoms with van der Waals surface area (Å²) in [5, 5.41) is 0. The van der Waals surface area contributed by atoms with Crippen LogP contribution in [0.15, 0.2) is 48.5 Å². The van der Waals surface area contributed by atoms with E-state index in [0.717, 1.165) is 0 Å². The number of amides is 1. The molecule has 0 aromatic heterocycles. The number of hydrogen-bond donors (Lipinski definition) is 0. The Hall–Kier alpha value is -2.82. The molecule has 5 heteroatoms. The number of fused-ring (bicyclic) bond motifs is 3. The molecule has 28 heavy (non-hydrogen) atoms. The summed E-state index contributed by atoms with van der Waals surface area (Å²) in [5.74, 6) is -0.451. The Labute approximate surface area is 165 Å². The Kier molecular flexibility index (Phi) is 5.07. The van der Waals surface area contributed by atoms with Crippen molar-refractivity contribution in [2.45, 2.75) is 32.3 Å². The SMILES string of the molecule is CC(C)OC(=O)C1CCN(C(=O)OCC2c3ccccc3-c3ccccc32)C1. The van der Waals surface area contributed by atoms with Crippen LogP contribution in [0.2, 0.25) is 0 Å². The molecule has 1 unspecified atom stereocenters. The van der Waals surface area contributed by atoms with Gasteiger partial charge in [0.05, 0.1) is 12.0 Å². The molecule has 5 nitrogen and oxygen atoms in total. The highest BCUT2D eigenvalue weighted by Crippen LogP contribution is 2.44. The van der Waals surface area contributed by atoms with E-state index in [1.54, 1.807) is 4.90 Å². The van der Waals surface area contributed by atoms with Gasteiger partial charge in [-0.1, -0.05) is 48.5 Å². The van der Waals surface area contributed by atoms with Gasteiger partial charge in [0.1, 0.15) is 6.61 Å². The second-order valence-electron chi connectivity index (χ2n) is 7.72. The van der Waals surface area contributed by atoms with Crippen molar-refractivity contribution in [3.8, 4) is 11.1 Å². The number of esters is 1. The molecule has 1 fully saturated rings. The average molecular weight is 379 g/mol. The van der Waals surface area contributed by atoms with Crippen molar-refractivity contribution in [2.75, 3.05) is 19.7 Å². The van der Waals surface area contributed by atoms with Crippen LogP contribution >= 0.6 is 0 Å². The lowest BCUT2D eigenvalue weighted by molar-refractivity contribution is -0.151. The van der Waals surface area contributed by atoms with Crippen LogP contribution in [0.25, 0.3) is 11.1 Å². The predicted molar refractivity (Wildman–Crippen MR) is 106 cm³/mol. The largest absolute Gasteiger partial charge is 0.463 e. The van der Waals surface area contributed by atoms with Crippen LogP contribution in [-0.4, -0.2) is 42.8 Å². The quantitative estimate of drug-likeness (QED) is 0.747. The summed E-state index contributed by atoms with van der Waals surface area (Å²) in [4.78, 5) is 26.2. The van der Waals surface area contributed by atoms with E-state index in [9.17, 15) is 9.59 Å². The number of likely N-dealkylation sites (tertiary alicyclic amines) is 1. The van der Waals surface area contributed by atoms with Crippen LogP contribution in [-0.2, 0) is 14.3 Å². The molecule has 0 radical (unpaired) electrons. The molecular weight excluding hydrogens is 354 g/mol. The third-order valence-corrected chi connectivity index (χ3v) is 5.47. The van der Waals surface area contributed by atoms with E-state index in [1.165, 1.54) is 22.3 Å². The Bertz CT molecular complexity index is 846. The highest BCUT2D eigenvalue weighted by atomic mass is 16.6. The van der Waals surface area contributed by atoms with Crippen LogP contribution < -0.4 is 0 Å². The summed E-state index contributed by atoms with van der Waals surface area (Å²) in [6.07, 6.45) is 0.119. The standard InChI is InChI=1S/C23H25NO4/c1-15(2)28-22(25)16-11-12-24(13-16)23(26)27-14-21-19-9-5-3-7-17(19)18-8-4-6-10-20(18)21/h3-10,15-16,21H,11-14H2,1-2H3. The first-order chi connectivity index (χ1) is 13.5. The van der Waals surface area contributed by atoms with Gasteiger partial charge in [-0.2, -0.15) is 0 Å². The van der Waals surface area contributed by atoms with Gasteiger partial charge in [0.2, 0.25) is 0 Å². The van der Waals surface area contributed by atoms with Crippen molar-refractivity contribution in [2.24, 2.45) is 5.92 Å². The molecule has 0 spiro atoms. The zero-order valence-corrected chi connectivity index (χ0v) is 16.3. The molecule has 1 aliphatic carbocycles. The molecule has 0 saturated carbocycles. The Morgan fingerprint density at radius 3 is 2.25 bits per heavy atom. The van der Waals surface area contributed by atoms with Crippen molar-refractivity contribution >= 4 is 12.1 Å². The summed E-state index contributed by atoms with van der Waals surface area (Å²) >= 11 is 0. The molecule has 1 saturated heterocycles. The lowest BCUT2D eigenvalue weighted by Gasteiger charge is -2.19. The molecule has 1 amide bonds. The zero-order valence-electron chi connectivity index (χ0n) is 16.3. The summed E-state index contributed by atoms with van der Waals surface area (Å²) < 4.78 is 10.9. The number of ether oxygens (including phenoxy) is 2. The fraction of sp³-hybridized carbons (Fsp3) is 0.391. The third-order valence-electron chi connectivity index (χ3n) is 5.47. The maximum Gasteiger partial charge on any atom is 0.409 e. The van der Waals surface area contributed by atoms with Crippen molar-refractivity contribution in [3.05, 3.63) is 59.7 Å². The summed E-state index contributed by atoms with van der Waals surface area (Å²) in [5.41, 5.74) is 4.79. The molecular formula is C23H25NO4. The number of benzene rings is 2. The van der Waals surface area contributed by atoms with Gasteiger partial charge in [0.25, 0.3) is 0 Å². The maximum absolute atomic E-state index is 12.6. The molecule has 0 N–H and O–H groups in total. The molecule has 4 rings (SSSR count). The third kappa shape index (κ3) is 3.49. The van der Waals surface area contributed by atoms with Crippen molar-refractivity contribution in [3.63, 3.8) is 0 Å². The normalized spacial score (nSPS) is 18.1. The molecule has 1 atom stereocenters. The minimum atomic E-state index is -0.360. The van der Waals surface area contributed by atoms with Gasteiger partial charge in [0, 0.05) is 19.0 Å². The molecule has 1 heterocycles. The maximum atomic E-state index is 12.6. The zero-order chi connectivity index (χ0) is 19.7. The van der Waals surface area contributed by atoms with E-state index in [4.69, 9.17) is 9.47 Å². The monoisotopic (exact) mass is 379 g/mol. The molecule has 2 aliphatic rings. The smallest absolute Gasteiger partial charge is 0.409 e. The van der Waals surface area contributed by atoms with Gasteiger partial charge in [0.15, 0.2) is 0 Å². The highest BCUT2D eigenvalue weighted by Gasteiger charge is 2.34. The van der Waals surface area contributed by atoms with Crippen molar-refractivity contribution < 1.29 is 19.1 Å². The van der Waals surface area contributed by atoms with Crippen LogP contribution in [0.4, 0.5) is 4.79 Å². The minimum Gasteiger partial charge on any atom is -0.463 e. The van der Waals surface area contributed by atoms with Gasteiger partial charge < -0.3 is 14.4 Å². The van der Waals surface area contributed by atoms with Crippen LogP contribution in [0.3, 0.4) is 0 Å². The van der Waals surface area contributed by atoms with Crippen molar-refractivity contribution in [1.29, 1.82) is 0 Å². The number of rotatable bonds is 4. The molecule has 2 aromatic rings. The topological polar surface area (TPSA) is 55.8 Å². The van der Waals surface area contributed by atoms with Gasteiger partial charge in [-0.05, 0) is 42.5 Å². The first-order valence-corrected chi connectivity index (χ1v) is 9.85. The molecule has 0 bridgehead atoms. The van der Waals surface area contributed by atoms with Crippen molar-refractivity contribution in [1.82, 2.24) is 4.90 Å². The van der Waals surface area contributed by atoms with E-state index in [1.807, 2.05) is 38.1 Å². The van der Waals surface area contributed by atoms with Gasteiger partial charge in [-0.3, -0.25) is 4.79 Å². The van der Waals surface area contributed by atoms with Crippen LogP contribution in [0.5, 0.6) is 0 Å². The van der Waals surface area contributed by atoms with E-state index in [0.29, 0.717) is 26.1 Å². The second kappa shape index (κ2) is 7.66. The van der Waals surface area contributed by atoms with Gasteiger partial charge >= 0.3 is 12.1 Å². The van der Waals surface area contributed by atoms with E-state index in [-0.39, 0.29) is 30.0 Å². The predicted octanol–water partition coefficient (Wildman–Crippen LogP) is 4.21. The molecule has 146 valence electrons. The fourth-order valence-electron chi connectivity index (χ4n) is 4.13. The Morgan fingerprint density at radius 1 is 1.04 bits per heavy atom. The van der Waals surface area contributed by atoms with Gasteiger partial charge in [-0.15, -0.1) is 0 Å². The molecule has 2 aromatic carbocycles. The first kappa shape index (κ1) is 18.5. The van der Waals surface area contributed by atoms with E-state index in [2.05, 4.69) is 24.3 Å². The van der Waals surface area contributed by atoms with E-state index < -0.39 is 0 Å². The molecule has 1 aliphatic heterocycles. The number of nitrogens with zero attached hydrogens (tertiary/aromatic N) is 1. The highest BCUT2D eigenvalue weighted by molar-refractivity contribution is 5.79. The lowest BCUT2D eigenvalue weighted by Crippen LogP contribution is -2.32. The number of carbonyl (C=O) groups is 2. The Morgan fingerprint density at radius 2 is 1.64 bits per heavy atom. The van der Waals surface area contributed by atoms with Crippen LogP contribution in [0.1, 0.15) is 37.3 Å². The fourth-order valence-corrected chi connectivity index (χ4v) is 4.13. The number of carbonyl (C=O) groups excluding carboxylic acids is 2. The number of hydrogen-bond acceptors (Lipinski definition) is 4. The van der Waals surface area contributed by atoms with Gasteiger partial charge in [-0.25, -0.2) is 4.79 Å². The van der Waals surface area contributed by atoms with Crippen LogP contribution in [0, 0.1) is 5.92 Å². The average Bonchev–Trinajstić information content (AvgIpc) is 3.30. The first-order valence-electron chi connectivity index (χ1n) is 9.85. The lowest BCUT2D eigenvalue weighted by atomic mass is 9.98. The summed E-state index contributed by atoms with van der Waals surface area (Å²) in [7, 11) is 0. The minimum absolute atomic E-state index is 0.0423. The summed E-state index contributed by atoms with van der Waals surface area (Å²) in [6.45, 7) is 4.84. The second-order valence-corrected chi connectivity index (χ2v) is 7.72.